The first-order valence-electron chi connectivity index (χ1n) is 20.0. The van der Waals surface area contributed by atoms with Crippen LogP contribution in [0.4, 0.5) is 0 Å². The molecular formula is C45H60N2O5. The number of aromatic hydroxyl groups is 2. The highest BCUT2D eigenvalue weighted by molar-refractivity contribution is 5.86. The summed E-state index contributed by atoms with van der Waals surface area (Å²) < 4.78 is 11.8. The van der Waals surface area contributed by atoms with E-state index in [1.165, 1.54) is 89.0 Å². The molecule has 1 unspecified atom stereocenters. The van der Waals surface area contributed by atoms with Crippen LogP contribution in [0, 0.1) is 6.92 Å². The Morgan fingerprint density at radius 2 is 1.46 bits per heavy atom. The number of carbonyl (C=O) groups is 1. The number of nitrogens with zero attached hydrogens (tertiary/aromatic N) is 1. The first kappa shape index (κ1) is 39.1. The van der Waals surface area contributed by atoms with Crippen molar-refractivity contribution in [2.45, 2.75) is 135 Å². The Balaban J connectivity index is 0.889. The predicted molar refractivity (Wildman–Crippen MR) is 210 cm³/mol. The zero-order chi connectivity index (χ0) is 36.4. The number of carbonyl (C=O) groups excluding carboxylic acids is 1. The first-order chi connectivity index (χ1) is 25.5. The smallest absolute Gasteiger partial charge is 0.171 e. The summed E-state index contributed by atoms with van der Waals surface area (Å²) in [7, 11) is 0. The van der Waals surface area contributed by atoms with Gasteiger partial charge in [-0.1, -0.05) is 87.9 Å². The molecule has 0 bridgehead atoms. The molecule has 2 heterocycles. The molecule has 1 aliphatic rings. The summed E-state index contributed by atoms with van der Waals surface area (Å²) in [6.07, 6.45) is 21.8. The van der Waals surface area contributed by atoms with Crippen molar-refractivity contribution in [1.82, 2.24) is 10.5 Å². The van der Waals surface area contributed by atoms with Crippen LogP contribution in [0.15, 0.2) is 71.3 Å². The van der Waals surface area contributed by atoms with Crippen LogP contribution in [-0.2, 0) is 17.6 Å². The molecule has 1 fully saturated rings. The number of rotatable bonds is 23. The average Bonchev–Trinajstić information content (AvgIpc) is 3.55. The number of Topliss-reactive ketones (excluding diaryl/α,β-unsaturated/α-hetero) is 1. The number of ketones is 1. The predicted octanol–water partition coefficient (Wildman–Crippen LogP) is 11.1. The zero-order valence-electron chi connectivity index (χ0n) is 31.3. The molecule has 0 spiro atoms. The molecule has 0 saturated carbocycles. The van der Waals surface area contributed by atoms with Crippen molar-refractivity contribution < 1.29 is 24.3 Å². The zero-order valence-corrected chi connectivity index (χ0v) is 31.3. The third-order valence-corrected chi connectivity index (χ3v) is 10.5. The highest BCUT2D eigenvalue weighted by atomic mass is 16.5. The Morgan fingerprint density at radius 3 is 2.12 bits per heavy atom. The second-order valence-electron chi connectivity index (χ2n) is 14.8. The largest absolute Gasteiger partial charge is 0.508 e. The van der Waals surface area contributed by atoms with Crippen LogP contribution in [0.1, 0.15) is 126 Å². The Morgan fingerprint density at radius 1 is 0.808 bits per heavy atom. The number of ether oxygens (including phenoxy) is 1. The maximum absolute atomic E-state index is 13.2. The topological polar surface area (TPSA) is 105 Å². The molecule has 1 aliphatic heterocycles. The van der Waals surface area contributed by atoms with Crippen molar-refractivity contribution in [3.05, 3.63) is 83.4 Å². The van der Waals surface area contributed by atoms with E-state index in [-0.39, 0.29) is 23.7 Å². The van der Waals surface area contributed by atoms with Crippen molar-refractivity contribution in [3.63, 3.8) is 0 Å². The molecule has 3 N–H and O–H groups in total. The van der Waals surface area contributed by atoms with Crippen LogP contribution in [0.5, 0.6) is 17.2 Å². The number of aryl methyl sites for hydroxylation is 2. The lowest BCUT2D eigenvalue weighted by Crippen LogP contribution is -2.35. The van der Waals surface area contributed by atoms with E-state index in [4.69, 9.17) is 9.26 Å². The molecule has 7 heteroatoms. The van der Waals surface area contributed by atoms with E-state index in [0.29, 0.717) is 23.9 Å². The first-order valence-corrected chi connectivity index (χ1v) is 20.0. The van der Waals surface area contributed by atoms with Crippen LogP contribution in [0.2, 0.25) is 0 Å². The standard InChI is InChI=1S/C45H60N2O5/c1-34-32-40(50)25-28-42(34)44-43(45(52-47-44)36-21-23-38(48)24-22-36)33-39(49)18-13-11-9-7-5-3-2-4-6-8-10-12-16-35-19-26-41(27-20-35)51-31-29-37-17-14-15-30-46-37/h19-28,32,37,46,48,50H,2-18,29-31,33H2,1H3. The van der Waals surface area contributed by atoms with Gasteiger partial charge in [0, 0.05) is 35.6 Å². The Hall–Kier alpha value is -4.10. The maximum Gasteiger partial charge on any atom is 0.171 e. The highest BCUT2D eigenvalue weighted by Gasteiger charge is 2.23. The summed E-state index contributed by atoms with van der Waals surface area (Å²) >= 11 is 0. The number of phenolic OH excluding ortho intramolecular Hbond substituents is 2. The third kappa shape index (κ3) is 12.8. The SMILES string of the molecule is Cc1cc(O)ccc1-c1noc(-c2ccc(O)cc2)c1CC(=O)CCCCCCCCCCCCCCc1ccc(OCCC2CCCCN2)cc1. The van der Waals surface area contributed by atoms with Crippen LogP contribution >= 0.6 is 0 Å². The van der Waals surface area contributed by atoms with E-state index in [2.05, 4.69) is 34.7 Å². The van der Waals surface area contributed by atoms with Crippen molar-refractivity contribution >= 4 is 5.78 Å². The molecule has 7 nitrogen and oxygen atoms in total. The van der Waals surface area contributed by atoms with E-state index in [0.717, 1.165) is 66.8 Å². The van der Waals surface area contributed by atoms with E-state index in [9.17, 15) is 15.0 Å². The van der Waals surface area contributed by atoms with Gasteiger partial charge in [0.25, 0.3) is 0 Å². The number of phenols is 2. The van der Waals surface area contributed by atoms with Crippen LogP contribution in [0.25, 0.3) is 22.6 Å². The van der Waals surface area contributed by atoms with E-state index in [1.807, 2.05) is 13.0 Å². The van der Waals surface area contributed by atoms with Gasteiger partial charge in [-0.2, -0.15) is 0 Å². The fourth-order valence-electron chi connectivity index (χ4n) is 7.38. The lowest BCUT2D eigenvalue weighted by atomic mass is 9.94. The maximum atomic E-state index is 13.2. The average molecular weight is 709 g/mol. The Labute approximate surface area is 311 Å². The van der Waals surface area contributed by atoms with E-state index in [1.54, 1.807) is 36.4 Å². The quantitative estimate of drug-likeness (QED) is 0.0659. The van der Waals surface area contributed by atoms with Gasteiger partial charge in [0.15, 0.2) is 5.76 Å². The molecule has 1 atom stereocenters. The number of hydrogen-bond acceptors (Lipinski definition) is 7. The van der Waals surface area contributed by atoms with Gasteiger partial charge in [0.1, 0.15) is 28.7 Å². The summed E-state index contributed by atoms with van der Waals surface area (Å²) in [5.41, 5.74) is 5.23. The van der Waals surface area contributed by atoms with E-state index >= 15 is 0 Å². The molecule has 52 heavy (non-hydrogen) atoms. The second-order valence-corrected chi connectivity index (χ2v) is 14.8. The van der Waals surface area contributed by atoms with Crippen LogP contribution in [-0.4, -0.2) is 40.3 Å². The molecule has 0 radical (unpaired) electrons. The Bertz CT molecular complexity index is 1620. The van der Waals surface area contributed by atoms with Gasteiger partial charge in [-0.05, 0) is 118 Å². The lowest BCUT2D eigenvalue weighted by Gasteiger charge is -2.23. The molecule has 1 saturated heterocycles. The molecule has 5 rings (SSSR count). The van der Waals surface area contributed by atoms with Gasteiger partial charge in [-0.25, -0.2) is 0 Å². The van der Waals surface area contributed by atoms with Gasteiger partial charge in [-0.3, -0.25) is 4.79 Å². The molecule has 4 aromatic rings. The number of aromatic nitrogens is 1. The van der Waals surface area contributed by atoms with Crippen molar-refractivity contribution in [1.29, 1.82) is 0 Å². The number of hydrogen-bond donors (Lipinski definition) is 3. The van der Waals surface area contributed by atoms with Gasteiger partial charge >= 0.3 is 0 Å². The minimum atomic E-state index is 0.166. The summed E-state index contributed by atoms with van der Waals surface area (Å²) in [5.74, 6) is 2.05. The molecule has 0 aliphatic carbocycles. The number of piperidine rings is 1. The van der Waals surface area contributed by atoms with Crippen molar-refractivity contribution in [2.75, 3.05) is 13.2 Å². The molecule has 0 amide bonds. The van der Waals surface area contributed by atoms with Gasteiger partial charge in [0.2, 0.25) is 0 Å². The van der Waals surface area contributed by atoms with E-state index < -0.39 is 0 Å². The summed E-state index contributed by atoms with van der Waals surface area (Å²) in [6.45, 7) is 3.86. The van der Waals surface area contributed by atoms with Crippen LogP contribution < -0.4 is 10.1 Å². The van der Waals surface area contributed by atoms with Crippen molar-refractivity contribution in [2.24, 2.45) is 0 Å². The minimum absolute atomic E-state index is 0.166. The van der Waals surface area contributed by atoms with Gasteiger partial charge in [-0.15, -0.1) is 0 Å². The van der Waals surface area contributed by atoms with Gasteiger partial charge in [0.05, 0.1) is 6.61 Å². The fourth-order valence-corrected chi connectivity index (χ4v) is 7.38. The normalized spacial score (nSPS) is 14.4. The van der Waals surface area contributed by atoms with Crippen molar-refractivity contribution in [3.8, 4) is 39.8 Å². The number of unbranched alkanes of at least 4 members (excludes halogenated alkanes) is 11. The molecule has 1 aromatic heterocycles. The highest BCUT2D eigenvalue weighted by Crippen LogP contribution is 2.36. The summed E-state index contributed by atoms with van der Waals surface area (Å²) in [4.78, 5) is 13.2. The lowest BCUT2D eigenvalue weighted by molar-refractivity contribution is -0.118. The minimum Gasteiger partial charge on any atom is -0.508 e. The van der Waals surface area contributed by atoms with Crippen LogP contribution in [0.3, 0.4) is 0 Å². The van der Waals surface area contributed by atoms with Gasteiger partial charge < -0.3 is 24.8 Å². The number of nitrogens with one attached hydrogen (secondary N) is 1. The summed E-state index contributed by atoms with van der Waals surface area (Å²) in [5, 5.41) is 27.6. The molecular weight excluding hydrogens is 649 g/mol. The fraction of sp³-hybridized carbons (Fsp3) is 0.511. The third-order valence-electron chi connectivity index (χ3n) is 10.5. The molecule has 280 valence electrons. The second kappa shape index (κ2) is 21.4. The molecule has 3 aromatic carbocycles. The number of benzene rings is 3. The monoisotopic (exact) mass is 708 g/mol. The Kier molecular flexibility index (Phi) is 16.1. The summed E-state index contributed by atoms with van der Waals surface area (Å²) in [6, 6.07) is 21.2.